The van der Waals surface area contributed by atoms with Crippen LogP contribution in [0.5, 0.6) is 5.75 Å². The van der Waals surface area contributed by atoms with Gasteiger partial charge in [0.25, 0.3) is 5.56 Å². The lowest BCUT2D eigenvalue weighted by molar-refractivity contribution is -0.148. The van der Waals surface area contributed by atoms with Crippen LogP contribution < -0.4 is 16.3 Å². The van der Waals surface area contributed by atoms with Crippen LogP contribution in [-0.2, 0) is 18.8 Å². The predicted octanol–water partition coefficient (Wildman–Crippen LogP) is 2.31. The molecule has 3 N–H and O–H groups in total. The SMILES string of the molecule is CC(C)OC(=O)C(C)NPOCC1CC(C)C(n2ccc(=O)[nH]c2=O)O1.Oc1ccccc1. The number of H-pyrrole nitrogens is 1. The molecule has 1 saturated heterocycles. The third kappa shape index (κ3) is 9.09. The molecular formula is C22H32N3O7P. The van der Waals surface area contributed by atoms with Crippen molar-refractivity contribution in [2.24, 2.45) is 5.92 Å². The second-order valence-corrected chi connectivity index (χ2v) is 8.76. The fourth-order valence-corrected chi connectivity index (χ4v) is 3.73. The molecule has 2 heterocycles. The van der Waals surface area contributed by atoms with Gasteiger partial charge in [-0.15, -0.1) is 0 Å². The first kappa shape index (κ1) is 26.7. The number of nitrogens with one attached hydrogen (secondary N) is 2. The number of carbonyl (C=O) groups excluding carboxylic acids is 1. The molecule has 0 amide bonds. The Morgan fingerprint density at radius 2 is 1.97 bits per heavy atom. The number of aromatic nitrogens is 2. The van der Waals surface area contributed by atoms with Gasteiger partial charge in [-0.1, -0.05) is 25.1 Å². The van der Waals surface area contributed by atoms with Crippen LogP contribution in [0, 0.1) is 5.92 Å². The minimum atomic E-state index is -0.489. The number of rotatable bonds is 8. The smallest absolute Gasteiger partial charge is 0.330 e. The first-order valence-electron chi connectivity index (χ1n) is 10.7. The Morgan fingerprint density at radius 3 is 2.55 bits per heavy atom. The van der Waals surface area contributed by atoms with Gasteiger partial charge in [-0.05, 0) is 39.3 Å². The van der Waals surface area contributed by atoms with Crippen molar-refractivity contribution in [1.82, 2.24) is 14.6 Å². The van der Waals surface area contributed by atoms with E-state index in [4.69, 9.17) is 19.1 Å². The maximum absolute atomic E-state index is 11.9. The van der Waals surface area contributed by atoms with E-state index in [1.807, 2.05) is 13.0 Å². The van der Waals surface area contributed by atoms with Gasteiger partial charge in [-0.2, -0.15) is 0 Å². The highest BCUT2D eigenvalue weighted by atomic mass is 31.1. The molecule has 0 aliphatic carbocycles. The van der Waals surface area contributed by atoms with Crippen LogP contribution in [0.1, 0.15) is 40.3 Å². The molecule has 11 heteroatoms. The zero-order valence-electron chi connectivity index (χ0n) is 19.2. The van der Waals surface area contributed by atoms with Crippen LogP contribution in [0.2, 0.25) is 0 Å². The number of nitrogens with zero attached hydrogens (tertiary/aromatic N) is 1. The van der Waals surface area contributed by atoms with E-state index in [-0.39, 0.29) is 33.1 Å². The van der Waals surface area contributed by atoms with E-state index in [0.29, 0.717) is 12.4 Å². The van der Waals surface area contributed by atoms with Gasteiger partial charge in [0.2, 0.25) is 0 Å². The Labute approximate surface area is 194 Å². The monoisotopic (exact) mass is 481 g/mol. The number of benzene rings is 1. The quantitative estimate of drug-likeness (QED) is 0.297. The van der Waals surface area contributed by atoms with Crippen molar-refractivity contribution in [3.8, 4) is 5.75 Å². The third-order valence-electron chi connectivity index (χ3n) is 4.66. The average Bonchev–Trinajstić information content (AvgIpc) is 3.11. The molecule has 1 aromatic heterocycles. The summed E-state index contributed by atoms with van der Waals surface area (Å²) in [6.07, 6.45) is 1.41. The second kappa shape index (κ2) is 13.3. The number of aromatic hydroxyl groups is 1. The number of phenols is 1. The summed E-state index contributed by atoms with van der Waals surface area (Å²) < 4.78 is 17.9. The van der Waals surface area contributed by atoms with Gasteiger partial charge in [0.15, 0.2) is 0 Å². The van der Waals surface area contributed by atoms with Crippen molar-refractivity contribution >= 4 is 14.9 Å². The lowest BCUT2D eigenvalue weighted by Gasteiger charge is -2.18. The Balaban J connectivity index is 0.000000468. The minimum Gasteiger partial charge on any atom is -0.508 e. The Bertz CT molecular complexity index is 980. The molecule has 0 saturated carbocycles. The third-order valence-corrected chi connectivity index (χ3v) is 5.52. The van der Waals surface area contributed by atoms with Gasteiger partial charge in [0.1, 0.15) is 18.0 Å². The van der Waals surface area contributed by atoms with Gasteiger partial charge in [-0.25, -0.2) is 4.79 Å². The summed E-state index contributed by atoms with van der Waals surface area (Å²) in [7, 11) is -0.0715. The van der Waals surface area contributed by atoms with Crippen LogP contribution in [0.3, 0.4) is 0 Å². The van der Waals surface area contributed by atoms with Crippen LogP contribution in [0.15, 0.2) is 52.2 Å². The predicted molar refractivity (Wildman–Crippen MR) is 125 cm³/mol. The molecule has 0 radical (unpaired) electrons. The summed E-state index contributed by atoms with van der Waals surface area (Å²) in [5, 5.41) is 11.6. The van der Waals surface area contributed by atoms with E-state index in [1.165, 1.54) is 16.8 Å². The highest BCUT2D eigenvalue weighted by molar-refractivity contribution is 7.29. The van der Waals surface area contributed by atoms with Crippen LogP contribution in [0.4, 0.5) is 0 Å². The maximum atomic E-state index is 11.9. The van der Waals surface area contributed by atoms with E-state index in [0.717, 1.165) is 6.42 Å². The van der Waals surface area contributed by atoms with E-state index in [1.54, 1.807) is 45.0 Å². The summed E-state index contributed by atoms with van der Waals surface area (Å²) in [6, 6.07) is 9.56. The Hall–Kier alpha value is -2.52. The van der Waals surface area contributed by atoms with Crippen LogP contribution >= 0.6 is 8.96 Å². The van der Waals surface area contributed by atoms with Crippen molar-refractivity contribution < 1.29 is 23.9 Å². The van der Waals surface area contributed by atoms with Gasteiger partial charge in [-0.3, -0.25) is 24.2 Å². The molecule has 1 aliphatic heterocycles. The number of esters is 1. The number of aromatic amines is 1. The largest absolute Gasteiger partial charge is 0.508 e. The standard InChI is InChI=1S/C16H26N3O6P.C6H6O/c1-9(2)24-15(21)11(4)18-26-23-8-12-7-10(3)14(25-12)19-6-5-13(20)17-16(19)22;7-6-4-2-1-3-5-6/h5-6,9-12,14,18,26H,7-8H2,1-4H3,(H,17,20,22);1-5,7H. The molecule has 1 fully saturated rings. The van der Waals surface area contributed by atoms with Crippen LogP contribution in [-0.4, -0.2) is 45.5 Å². The number of para-hydroxylation sites is 1. The van der Waals surface area contributed by atoms with E-state index in [2.05, 4.69) is 10.1 Å². The summed E-state index contributed by atoms with van der Waals surface area (Å²) in [5.41, 5.74) is -0.925. The van der Waals surface area contributed by atoms with Crippen molar-refractivity contribution in [3.63, 3.8) is 0 Å². The highest BCUT2D eigenvalue weighted by Crippen LogP contribution is 2.33. The normalized spacial score (nSPS) is 21.1. The number of carbonyl (C=O) groups is 1. The second-order valence-electron chi connectivity index (χ2n) is 7.98. The fourth-order valence-electron chi connectivity index (χ4n) is 3.08. The van der Waals surface area contributed by atoms with Gasteiger partial charge in [0.05, 0.1) is 27.8 Å². The molecule has 182 valence electrons. The summed E-state index contributed by atoms with van der Waals surface area (Å²) >= 11 is 0. The fraction of sp³-hybridized carbons (Fsp3) is 0.500. The molecule has 33 heavy (non-hydrogen) atoms. The van der Waals surface area contributed by atoms with E-state index in [9.17, 15) is 14.4 Å². The van der Waals surface area contributed by atoms with Crippen molar-refractivity contribution in [1.29, 1.82) is 0 Å². The summed E-state index contributed by atoms with van der Waals surface area (Å²) in [6.45, 7) is 7.63. The number of hydrogen-bond donors (Lipinski definition) is 3. The molecule has 1 aromatic carbocycles. The number of ether oxygens (including phenoxy) is 2. The number of hydrogen-bond acceptors (Lipinski definition) is 8. The molecule has 2 aromatic rings. The molecule has 0 spiro atoms. The zero-order chi connectivity index (χ0) is 24.4. The molecule has 1 aliphatic rings. The van der Waals surface area contributed by atoms with E-state index < -0.39 is 23.5 Å². The van der Waals surface area contributed by atoms with Gasteiger partial charge < -0.3 is 19.1 Å². The molecule has 3 rings (SSSR count). The van der Waals surface area contributed by atoms with Crippen molar-refractivity contribution in [3.05, 3.63) is 63.4 Å². The summed E-state index contributed by atoms with van der Waals surface area (Å²) in [5.74, 6) is 0.102. The van der Waals surface area contributed by atoms with Crippen molar-refractivity contribution in [2.75, 3.05) is 6.61 Å². The van der Waals surface area contributed by atoms with Crippen LogP contribution in [0.25, 0.3) is 0 Å². The molecular weight excluding hydrogens is 449 g/mol. The van der Waals surface area contributed by atoms with Gasteiger partial charge in [0, 0.05) is 18.2 Å². The Kier molecular flexibility index (Phi) is 10.7. The molecule has 5 atom stereocenters. The molecule has 5 unspecified atom stereocenters. The van der Waals surface area contributed by atoms with Gasteiger partial charge >= 0.3 is 11.7 Å². The first-order valence-corrected chi connectivity index (χ1v) is 11.6. The molecule has 10 nitrogen and oxygen atoms in total. The number of phenolic OH excluding ortho intramolecular Hbond substituents is 1. The maximum Gasteiger partial charge on any atom is 0.330 e. The minimum absolute atomic E-state index is 0.0715. The first-order chi connectivity index (χ1) is 15.7. The highest BCUT2D eigenvalue weighted by Gasteiger charge is 2.34. The average molecular weight is 481 g/mol. The molecule has 0 bridgehead atoms. The lowest BCUT2D eigenvalue weighted by Crippen LogP contribution is -2.33. The Morgan fingerprint density at radius 1 is 1.27 bits per heavy atom. The lowest BCUT2D eigenvalue weighted by atomic mass is 10.1. The topological polar surface area (TPSA) is 132 Å². The van der Waals surface area contributed by atoms with E-state index >= 15 is 0 Å². The van der Waals surface area contributed by atoms with Crippen molar-refractivity contribution in [2.45, 2.75) is 58.6 Å². The zero-order valence-corrected chi connectivity index (χ0v) is 20.2. The summed E-state index contributed by atoms with van der Waals surface area (Å²) in [4.78, 5) is 37.0.